The van der Waals surface area contributed by atoms with E-state index >= 15 is 0 Å². The molecule has 4 bridgehead atoms. The van der Waals surface area contributed by atoms with Gasteiger partial charge in [-0.2, -0.15) is 5.10 Å². The maximum atomic E-state index is 13.2. The molecule has 2 aromatic carbocycles. The zero-order valence-corrected chi connectivity index (χ0v) is 19.1. The Hall–Kier alpha value is -3.02. The second-order valence-corrected chi connectivity index (χ2v) is 11.1. The first-order valence-corrected chi connectivity index (χ1v) is 11.6. The van der Waals surface area contributed by atoms with Crippen molar-refractivity contribution in [1.29, 1.82) is 0 Å². The molecule has 4 fully saturated rings. The van der Waals surface area contributed by atoms with Gasteiger partial charge in [-0.3, -0.25) is 4.79 Å². The molecule has 4 aliphatic rings. The number of nitrogens with zero attached hydrogens (tertiary/aromatic N) is 1. The van der Waals surface area contributed by atoms with Gasteiger partial charge in [0.1, 0.15) is 11.6 Å². The summed E-state index contributed by atoms with van der Waals surface area (Å²) in [4.78, 5) is 25.3. The van der Waals surface area contributed by atoms with Gasteiger partial charge < -0.3 is 4.74 Å². The normalized spacial score (nSPS) is 32.2. The molecule has 0 heterocycles. The van der Waals surface area contributed by atoms with Crippen molar-refractivity contribution < 1.29 is 18.7 Å². The fourth-order valence-corrected chi connectivity index (χ4v) is 7.36. The minimum atomic E-state index is -0.554. The molecule has 172 valence electrons. The highest BCUT2D eigenvalue weighted by Crippen LogP contribution is 2.69. The lowest BCUT2D eigenvalue weighted by molar-refractivity contribution is -0.170. The lowest BCUT2D eigenvalue weighted by atomic mass is 9.40. The number of amides is 1. The minimum Gasteiger partial charge on any atom is -0.423 e. The summed E-state index contributed by atoms with van der Waals surface area (Å²) >= 11 is 0. The van der Waals surface area contributed by atoms with E-state index in [2.05, 4.69) is 24.4 Å². The average molecular weight is 449 g/mol. The summed E-state index contributed by atoms with van der Waals surface area (Å²) < 4.78 is 18.3. The van der Waals surface area contributed by atoms with Crippen molar-refractivity contribution in [2.24, 2.45) is 27.3 Å². The van der Waals surface area contributed by atoms with Crippen molar-refractivity contribution in [3.63, 3.8) is 0 Å². The van der Waals surface area contributed by atoms with Crippen LogP contribution in [0.2, 0.25) is 0 Å². The Morgan fingerprint density at radius 1 is 0.970 bits per heavy atom. The first-order valence-electron chi connectivity index (χ1n) is 11.6. The number of hydrogen-bond acceptors (Lipinski definition) is 4. The Morgan fingerprint density at radius 2 is 1.61 bits per heavy atom. The van der Waals surface area contributed by atoms with E-state index in [4.69, 9.17) is 4.74 Å². The van der Waals surface area contributed by atoms with Crippen LogP contribution in [0.15, 0.2) is 53.6 Å². The fraction of sp³-hybridized carbons (Fsp3) is 0.444. The summed E-state index contributed by atoms with van der Waals surface area (Å²) in [6.45, 7) is 4.71. The number of ether oxygens (including phenoxy) is 1. The van der Waals surface area contributed by atoms with Gasteiger partial charge in [-0.05, 0) is 109 Å². The molecule has 4 saturated carbocycles. The van der Waals surface area contributed by atoms with Crippen LogP contribution in [-0.4, -0.2) is 18.1 Å². The van der Waals surface area contributed by atoms with Crippen molar-refractivity contribution in [1.82, 2.24) is 5.43 Å². The monoisotopic (exact) mass is 448 g/mol. The number of carbonyl (C=O) groups is 2. The molecule has 2 aromatic rings. The maximum Gasteiger partial charge on any atom is 0.343 e. The van der Waals surface area contributed by atoms with E-state index in [1.165, 1.54) is 43.5 Å². The standard InChI is InChI=1S/C27H29FN2O3/c1-25-11-19-12-26(2,15-25)17-27(13-19,16-25)24(32)30-29-14-18-3-9-22(10-4-18)33-23(31)20-5-7-21(28)8-6-20/h3-10,14,19H,11-13,15-17H2,1-2H3,(H,30,32)/b29-14+. The number of esters is 1. The van der Waals surface area contributed by atoms with Gasteiger partial charge in [-0.25, -0.2) is 14.6 Å². The van der Waals surface area contributed by atoms with E-state index < -0.39 is 11.8 Å². The fourth-order valence-electron chi connectivity index (χ4n) is 7.36. The summed E-state index contributed by atoms with van der Waals surface area (Å²) in [6, 6.07) is 12.0. The SMILES string of the molecule is CC12CC3CC(C)(C1)CC(C(=O)N/N=C/c1ccc(OC(=O)c4ccc(F)cc4)cc1)(C3)C2. The van der Waals surface area contributed by atoms with E-state index in [-0.39, 0.29) is 27.7 Å². The third-order valence-corrected chi connectivity index (χ3v) is 7.66. The highest BCUT2D eigenvalue weighted by molar-refractivity contribution is 5.91. The lowest BCUT2D eigenvalue weighted by Crippen LogP contribution is -2.59. The van der Waals surface area contributed by atoms with Crippen LogP contribution in [0.5, 0.6) is 5.75 Å². The molecule has 0 aromatic heterocycles. The predicted molar refractivity (Wildman–Crippen MR) is 123 cm³/mol. The van der Waals surface area contributed by atoms with Crippen molar-refractivity contribution in [3.05, 3.63) is 65.5 Å². The van der Waals surface area contributed by atoms with Crippen molar-refractivity contribution in [2.75, 3.05) is 0 Å². The molecule has 0 saturated heterocycles. The minimum absolute atomic E-state index is 0.0464. The molecular weight excluding hydrogens is 419 g/mol. The molecule has 2 atom stereocenters. The van der Waals surface area contributed by atoms with Gasteiger partial charge in [0.05, 0.1) is 17.2 Å². The van der Waals surface area contributed by atoms with Gasteiger partial charge in [0.15, 0.2) is 0 Å². The van der Waals surface area contributed by atoms with Gasteiger partial charge in [0.25, 0.3) is 0 Å². The van der Waals surface area contributed by atoms with Crippen LogP contribution in [0.1, 0.15) is 68.3 Å². The van der Waals surface area contributed by atoms with Gasteiger partial charge >= 0.3 is 5.97 Å². The number of halogens is 1. The van der Waals surface area contributed by atoms with Crippen LogP contribution in [-0.2, 0) is 4.79 Å². The van der Waals surface area contributed by atoms with E-state index in [0.29, 0.717) is 11.7 Å². The summed E-state index contributed by atoms with van der Waals surface area (Å²) in [5.41, 5.74) is 4.12. The summed E-state index contributed by atoms with van der Waals surface area (Å²) in [6.07, 6.45) is 8.23. The molecule has 0 spiro atoms. The van der Waals surface area contributed by atoms with Crippen LogP contribution in [0.4, 0.5) is 4.39 Å². The molecule has 33 heavy (non-hydrogen) atoms. The average Bonchev–Trinajstić information content (AvgIpc) is 2.73. The molecular formula is C27H29FN2O3. The van der Waals surface area contributed by atoms with Crippen LogP contribution in [0.25, 0.3) is 0 Å². The molecule has 2 unspecified atom stereocenters. The van der Waals surface area contributed by atoms with Crippen molar-refractivity contribution in [3.8, 4) is 5.75 Å². The third-order valence-electron chi connectivity index (χ3n) is 7.66. The summed E-state index contributed by atoms with van der Waals surface area (Å²) in [5, 5.41) is 4.22. The lowest BCUT2D eigenvalue weighted by Gasteiger charge is -2.64. The molecule has 6 heteroatoms. The smallest absolute Gasteiger partial charge is 0.343 e. The van der Waals surface area contributed by atoms with Crippen molar-refractivity contribution >= 4 is 18.1 Å². The van der Waals surface area contributed by atoms with E-state index in [9.17, 15) is 14.0 Å². The van der Waals surface area contributed by atoms with E-state index in [1.807, 2.05) is 0 Å². The Morgan fingerprint density at radius 3 is 2.21 bits per heavy atom. The van der Waals surface area contributed by atoms with E-state index in [1.54, 1.807) is 30.5 Å². The molecule has 1 N–H and O–H groups in total. The Bertz CT molecular complexity index is 1090. The Kier molecular flexibility index (Phi) is 5.15. The Balaban J connectivity index is 1.19. The van der Waals surface area contributed by atoms with Crippen molar-refractivity contribution in [2.45, 2.75) is 52.4 Å². The quantitative estimate of drug-likeness (QED) is 0.285. The molecule has 0 radical (unpaired) electrons. The molecule has 5 nitrogen and oxygen atoms in total. The number of hydrazone groups is 1. The van der Waals surface area contributed by atoms with Crippen LogP contribution in [0, 0.1) is 28.0 Å². The highest BCUT2D eigenvalue weighted by Gasteiger charge is 2.62. The molecule has 4 aliphatic carbocycles. The topological polar surface area (TPSA) is 67.8 Å². The zero-order chi connectivity index (χ0) is 23.3. The van der Waals surface area contributed by atoms with Crippen LogP contribution >= 0.6 is 0 Å². The predicted octanol–water partition coefficient (Wildman–Crippen LogP) is 5.49. The first-order chi connectivity index (χ1) is 15.7. The van der Waals surface area contributed by atoms with Gasteiger partial charge in [-0.1, -0.05) is 13.8 Å². The largest absolute Gasteiger partial charge is 0.423 e. The number of rotatable bonds is 5. The third kappa shape index (κ3) is 4.31. The van der Waals surface area contributed by atoms with Gasteiger partial charge in [-0.15, -0.1) is 0 Å². The van der Waals surface area contributed by atoms with Crippen LogP contribution < -0.4 is 10.2 Å². The first kappa shape index (κ1) is 21.8. The molecule has 0 aliphatic heterocycles. The molecule has 6 rings (SSSR count). The summed E-state index contributed by atoms with van der Waals surface area (Å²) in [7, 11) is 0. The van der Waals surface area contributed by atoms with Crippen LogP contribution in [0.3, 0.4) is 0 Å². The maximum absolute atomic E-state index is 13.2. The second-order valence-electron chi connectivity index (χ2n) is 11.1. The van der Waals surface area contributed by atoms with Gasteiger partial charge in [0.2, 0.25) is 5.91 Å². The zero-order valence-electron chi connectivity index (χ0n) is 19.1. The number of benzene rings is 2. The number of hydrogen-bond donors (Lipinski definition) is 1. The van der Waals surface area contributed by atoms with Gasteiger partial charge in [0, 0.05) is 0 Å². The number of nitrogens with one attached hydrogen (secondary N) is 1. The van der Waals surface area contributed by atoms with E-state index in [0.717, 1.165) is 24.8 Å². The molecule has 1 amide bonds. The summed E-state index contributed by atoms with van der Waals surface area (Å²) in [5.74, 6) is 0.109. The highest BCUT2D eigenvalue weighted by atomic mass is 19.1. The number of carbonyl (C=O) groups excluding carboxylic acids is 2. The second kappa shape index (κ2) is 7.79. The Labute approximate surface area is 193 Å².